The van der Waals surface area contributed by atoms with Crippen molar-refractivity contribution < 1.29 is 4.74 Å². The van der Waals surface area contributed by atoms with E-state index in [9.17, 15) is 0 Å². The largest absolute Gasteiger partial charge is 0.424 e. The molecule has 3 nitrogen and oxygen atoms in total. The standard InChI is InChI=1S/C13H13ClN2O/c1-2-10-3-5-12(6-4-10)17-13-15-8-11(7-14)9-16-13/h3-6,8-9H,2,7H2,1H3. The SMILES string of the molecule is CCc1ccc(Oc2ncc(CCl)cn2)cc1. The molecule has 0 N–H and O–H groups in total. The number of hydrogen-bond acceptors (Lipinski definition) is 3. The summed E-state index contributed by atoms with van der Waals surface area (Å²) in [6, 6.07) is 8.23. The molecule has 0 saturated carbocycles. The molecule has 0 atom stereocenters. The van der Waals surface area contributed by atoms with E-state index in [1.165, 1.54) is 5.56 Å². The second-order valence-corrected chi connectivity index (χ2v) is 3.87. The van der Waals surface area contributed by atoms with Gasteiger partial charge in [0, 0.05) is 18.0 Å². The maximum absolute atomic E-state index is 5.65. The smallest absolute Gasteiger partial charge is 0.321 e. The van der Waals surface area contributed by atoms with Gasteiger partial charge in [-0.15, -0.1) is 11.6 Å². The highest BCUT2D eigenvalue weighted by Gasteiger charge is 2.00. The third kappa shape index (κ3) is 3.17. The summed E-state index contributed by atoms with van der Waals surface area (Å²) in [5.74, 6) is 1.15. The first-order chi connectivity index (χ1) is 8.31. The first-order valence-electron chi connectivity index (χ1n) is 5.45. The molecule has 17 heavy (non-hydrogen) atoms. The molecule has 2 aromatic rings. The van der Waals surface area contributed by atoms with Crippen LogP contribution in [0, 0.1) is 0 Å². The van der Waals surface area contributed by atoms with Crippen molar-refractivity contribution in [1.82, 2.24) is 9.97 Å². The summed E-state index contributed by atoms with van der Waals surface area (Å²) < 4.78 is 5.51. The second kappa shape index (κ2) is 5.64. The number of hydrogen-bond donors (Lipinski definition) is 0. The Kier molecular flexibility index (Phi) is 3.94. The summed E-state index contributed by atoms with van der Waals surface area (Å²) in [4.78, 5) is 8.14. The molecular formula is C13H13ClN2O. The van der Waals surface area contributed by atoms with Crippen molar-refractivity contribution in [2.24, 2.45) is 0 Å². The summed E-state index contributed by atoms with van der Waals surface area (Å²) in [7, 11) is 0. The van der Waals surface area contributed by atoms with Crippen LogP contribution < -0.4 is 4.74 Å². The van der Waals surface area contributed by atoms with Gasteiger partial charge in [0.15, 0.2) is 0 Å². The van der Waals surface area contributed by atoms with E-state index in [1.807, 2.05) is 24.3 Å². The quantitative estimate of drug-likeness (QED) is 0.776. The van der Waals surface area contributed by atoms with Crippen molar-refractivity contribution in [2.45, 2.75) is 19.2 Å². The second-order valence-electron chi connectivity index (χ2n) is 3.61. The molecule has 4 heteroatoms. The van der Waals surface area contributed by atoms with Crippen LogP contribution in [0.3, 0.4) is 0 Å². The first-order valence-corrected chi connectivity index (χ1v) is 5.99. The van der Waals surface area contributed by atoms with Gasteiger partial charge in [0.05, 0.1) is 5.88 Å². The van der Waals surface area contributed by atoms with E-state index in [0.717, 1.165) is 17.7 Å². The number of aromatic nitrogens is 2. The van der Waals surface area contributed by atoms with Crippen LogP contribution in [0.2, 0.25) is 0 Å². The van der Waals surface area contributed by atoms with Crippen molar-refractivity contribution >= 4 is 11.6 Å². The minimum absolute atomic E-state index is 0.336. The molecule has 0 aliphatic heterocycles. The van der Waals surface area contributed by atoms with E-state index < -0.39 is 0 Å². The van der Waals surface area contributed by atoms with Crippen molar-refractivity contribution in [3.8, 4) is 11.8 Å². The molecule has 0 aliphatic carbocycles. The normalized spacial score (nSPS) is 10.2. The van der Waals surface area contributed by atoms with Crippen LogP contribution in [0.15, 0.2) is 36.7 Å². The van der Waals surface area contributed by atoms with Gasteiger partial charge in [-0.3, -0.25) is 0 Å². The molecule has 1 aromatic heterocycles. The average molecular weight is 249 g/mol. The van der Waals surface area contributed by atoms with Gasteiger partial charge < -0.3 is 4.74 Å². The lowest BCUT2D eigenvalue weighted by Crippen LogP contribution is -1.93. The molecule has 0 unspecified atom stereocenters. The van der Waals surface area contributed by atoms with Gasteiger partial charge in [-0.1, -0.05) is 19.1 Å². The zero-order valence-corrected chi connectivity index (χ0v) is 10.3. The third-order valence-corrected chi connectivity index (χ3v) is 2.69. The molecule has 0 fully saturated rings. The predicted octanol–water partition coefficient (Wildman–Crippen LogP) is 3.57. The van der Waals surface area contributed by atoms with Crippen molar-refractivity contribution in [3.63, 3.8) is 0 Å². The number of aryl methyl sites for hydroxylation is 1. The Balaban J connectivity index is 2.08. The van der Waals surface area contributed by atoms with Gasteiger partial charge in [-0.2, -0.15) is 0 Å². The van der Waals surface area contributed by atoms with E-state index in [4.69, 9.17) is 16.3 Å². The molecule has 0 bridgehead atoms. The molecule has 0 spiro atoms. The molecule has 0 amide bonds. The van der Waals surface area contributed by atoms with E-state index >= 15 is 0 Å². The van der Waals surface area contributed by atoms with Crippen molar-refractivity contribution in [3.05, 3.63) is 47.8 Å². The Morgan fingerprint density at radius 3 is 2.24 bits per heavy atom. The number of rotatable bonds is 4. The lowest BCUT2D eigenvalue weighted by Gasteiger charge is -2.04. The van der Waals surface area contributed by atoms with Crippen LogP contribution in [0.5, 0.6) is 11.8 Å². The summed E-state index contributed by atoms with van der Waals surface area (Å²) in [5.41, 5.74) is 2.15. The predicted molar refractivity (Wildman–Crippen MR) is 67.5 cm³/mol. The summed E-state index contributed by atoms with van der Waals surface area (Å²) in [6.45, 7) is 2.11. The molecule has 1 aromatic carbocycles. The topological polar surface area (TPSA) is 35.0 Å². The first kappa shape index (κ1) is 11.9. The number of benzene rings is 1. The van der Waals surface area contributed by atoms with Crippen LogP contribution >= 0.6 is 11.6 Å². The monoisotopic (exact) mass is 248 g/mol. The van der Waals surface area contributed by atoms with Crippen LogP contribution in [0.1, 0.15) is 18.1 Å². The molecule has 2 rings (SSSR count). The van der Waals surface area contributed by atoms with Gasteiger partial charge >= 0.3 is 6.01 Å². The zero-order valence-electron chi connectivity index (χ0n) is 9.56. The highest BCUT2D eigenvalue weighted by molar-refractivity contribution is 6.17. The van der Waals surface area contributed by atoms with Crippen molar-refractivity contribution in [1.29, 1.82) is 0 Å². The van der Waals surface area contributed by atoms with E-state index in [-0.39, 0.29) is 0 Å². The van der Waals surface area contributed by atoms with Crippen LogP contribution in [-0.4, -0.2) is 9.97 Å². The van der Waals surface area contributed by atoms with Gasteiger partial charge in [0.1, 0.15) is 5.75 Å². The van der Waals surface area contributed by atoms with E-state index in [1.54, 1.807) is 12.4 Å². The summed E-state index contributed by atoms with van der Waals surface area (Å²) >= 11 is 5.65. The fourth-order valence-electron chi connectivity index (χ4n) is 1.36. The Morgan fingerprint density at radius 1 is 1.06 bits per heavy atom. The number of ether oxygens (including phenoxy) is 1. The minimum Gasteiger partial charge on any atom is -0.424 e. The lowest BCUT2D eigenvalue weighted by atomic mass is 10.2. The zero-order chi connectivity index (χ0) is 12.1. The number of halogens is 1. The molecule has 0 radical (unpaired) electrons. The Hall–Kier alpha value is -1.61. The van der Waals surface area contributed by atoms with Gasteiger partial charge in [-0.05, 0) is 24.1 Å². The molecule has 1 heterocycles. The van der Waals surface area contributed by atoms with Crippen LogP contribution in [-0.2, 0) is 12.3 Å². The summed E-state index contributed by atoms with van der Waals surface area (Å²) in [6.07, 6.45) is 4.34. The fourth-order valence-corrected chi connectivity index (χ4v) is 1.50. The van der Waals surface area contributed by atoms with Gasteiger partial charge in [0.2, 0.25) is 0 Å². The van der Waals surface area contributed by atoms with E-state index in [2.05, 4.69) is 16.9 Å². The van der Waals surface area contributed by atoms with Gasteiger partial charge in [0.25, 0.3) is 0 Å². The van der Waals surface area contributed by atoms with Crippen molar-refractivity contribution in [2.75, 3.05) is 0 Å². The molecule has 0 aliphatic rings. The van der Waals surface area contributed by atoms with E-state index in [0.29, 0.717) is 11.9 Å². The minimum atomic E-state index is 0.336. The highest BCUT2D eigenvalue weighted by atomic mass is 35.5. The molecule has 88 valence electrons. The molecular weight excluding hydrogens is 236 g/mol. The Labute approximate surface area is 105 Å². The number of nitrogens with zero attached hydrogens (tertiary/aromatic N) is 2. The average Bonchev–Trinajstić information content (AvgIpc) is 2.40. The maximum atomic E-state index is 5.65. The Morgan fingerprint density at radius 2 is 1.71 bits per heavy atom. The summed E-state index contributed by atoms with van der Waals surface area (Å²) in [5, 5.41) is 0. The maximum Gasteiger partial charge on any atom is 0.321 e. The lowest BCUT2D eigenvalue weighted by molar-refractivity contribution is 0.441. The highest BCUT2D eigenvalue weighted by Crippen LogP contribution is 2.18. The number of alkyl halides is 1. The van der Waals surface area contributed by atoms with Crippen LogP contribution in [0.4, 0.5) is 0 Å². The third-order valence-electron chi connectivity index (χ3n) is 2.38. The molecule has 0 saturated heterocycles. The fraction of sp³-hybridized carbons (Fsp3) is 0.231. The van der Waals surface area contributed by atoms with Gasteiger partial charge in [-0.25, -0.2) is 9.97 Å². The Bertz CT molecular complexity index is 422. The van der Waals surface area contributed by atoms with Crippen LogP contribution in [0.25, 0.3) is 0 Å².